The first kappa shape index (κ1) is 21.3. The van der Waals surface area contributed by atoms with Gasteiger partial charge in [-0.15, -0.1) is 0 Å². The van der Waals surface area contributed by atoms with Gasteiger partial charge < -0.3 is 19.7 Å². The zero-order chi connectivity index (χ0) is 22.1. The van der Waals surface area contributed by atoms with Gasteiger partial charge in [0, 0.05) is 35.2 Å². The van der Waals surface area contributed by atoms with Crippen molar-refractivity contribution in [3.05, 3.63) is 36.7 Å². The Morgan fingerprint density at radius 1 is 1.22 bits per heavy atom. The Balaban J connectivity index is 1.46. The van der Waals surface area contributed by atoms with Crippen LogP contribution in [0.1, 0.15) is 13.8 Å². The normalized spacial score (nSPS) is 21.3. The van der Waals surface area contributed by atoms with E-state index in [1.54, 1.807) is 6.33 Å². The molecule has 4 heterocycles. The van der Waals surface area contributed by atoms with Gasteiger partial charge in [-0.05, 0) is 26.0 Å². The van der Waals surface area contributed by atoms with Crippen molar-refractivity contribution in [2.75, 3.05) is 49.7 Å². The second-order valence-corrected chi connectivity index (χ2v) is 10.4. The summed E-state index contributed by atoms with van der Waals surface area (Å²) in [5.74, 6) is 2.10. The third-order valence-corrected chi connectivity index (χ3v) is 7.82. The van der Waals surface area contributed by atoms with Gasteiger partial charge in [-0.25, -0.2) is 4.98 Å². The minimum absolute atomic E-state index is 0.0119. The minimum atomic E-state index is -0.938. The van der Waals surface area contributed by atoms with Crippen molar-refractivity contribution in [3.8, 4) is 5.95 Å². The zero-order valence-corrected chi connectivity index (χ0v) is 19.1. The molecule has 0 aliphatic carbocycles. The molecule has 9 nitrogen and oxygen atoms in total. The van der Waals surface area contributed by atoms with Crippen molar-refractivity contribution in [1.29, 1.82) is 0 Å². The van der Waals surface area contributed by atoms with Crippen LogP contribution in [0.5, 0.6) is 0 Å². The van der Waals surface area contributed by atoms with Gasteiger partial charge in [0.15, 0.2) is 0 Å². The number of imidazole rings is 1. The van der Waals surface area contributed by atoms with E-state index in [1.165, 1.54) is 0 Å². The highest BCUT2D eigenvalue weighted by atomic mass is 32.2. The average molecular weight is 457 g/mol. The molecule has 1 unspecified atom stereocenters. The summed E-state index contributed by atoms with van der Waals surface area (Å²) in [5.41, 5.74) is 1.84. The molecule has 1 N–H and O–H groups in total. The first-order valence-corrected chi connectivity index (χ1v) is 12.2. The van der Waals surface area contributed by atoms with Crippen molar-refractivity contribution in [2.24, 2.45) is 0 Å². The van der Waals surface area contributed by atoms with Gasteiger partial charge >= 0.3 is 0 Å². The van der Waals surface area contributed by atoms with E-state index in [-0.39, 0.29) is 16.5 Å². The number of nitrogens with zero attached hydrogens (tertiary/aromatic N) is 5. The number of fused-ring (bicyclic) bond motifs is 1. The highest BCUT2D eigenvalue weighted by molar-refractivity contribution is 7.86. The lowest BCUT2D eigenvalue weighted by atomic mass is 10.2. The molecule has 1 aromatic carbocycles. The van der Waals surface area contributed by atoms with Crippen molar-refractivity contribution >= 4 is 33.5 Å². The summed E-state index contributed by atoms with van der Waals surface area (Å²) in [5, 5.41) is 3.52. The number of nitrogens with one attached hydrogen (secondary N) is 1. The Kier molecular flexibility index (Phi) is 6.07. The monoisotopic (exact) mass is 456 g/mol. The molecule has 2 fully saturated rings. The van der Waals surface area contributed by atoms with Crippen molar-refractivity contribution in [3.63, 3.8) is 0 Å². The van der Waals surface area contributed by atoms with Crippen LogP contribution in [0.25, 0.3) is 17.0 Å². The lowest BCUT2D eigenvalue weighted by molar-refractivity contribution is 0.0433. The van der Waals surface area contributed by atoms with Gasteiger partial charge in [-0.1, -0.05) is 12.1 Å². The highest BCUT2D eigenvalue weighted by Crippen LogP contribution is 2.24. The van der Waals surface area contributed by atoms with E-state index in [1.807, 2.05) is 41.8 Å². The molecule has 5 rings (SSSR count). The Morgan fingerprint density at radius 3 is 2.84 bits per heavy atom. The van der Waals surface area contributed by atoms with E-state index in [9.17, 15) is 4.21 Å². The summed E-state index contributed by atoms with van der Waals surface area (Å²) in [7, 11) is -0.938. The topological polar surface area (TPSA) is 94.4 Å². The second-order valence-electron chi connectivity index (χ2n) is 8.31. The van der Waals surface area contributed by atoms with Gasteiger partial charge in [0.2, 0.25) is 5.95 Å². The standard InChI is InChI=1S/C22H28N6O3S/c1-15-11-30-8-7-27(15)21-9-20(23-10-16(2)32(29)17-12-31-13-17)25-22(26-21)28-14-24-18-5-3-4-6-19(18)28/h3-6,9,14-17H,7-8,10-13H2,1-2H3,(H,23,25,26)/t15-,16-,32?/m1/s1. The van der Waals surface area contributed by atoms with Crippen LogP contribution in [0.3, 0.4) is 0 Å². The number of hydrogen-bond acceptors (Lipinski definition) is 8. The molecule has 170 valence electrons. The van der Waals surface area contributed by atoms with Crippen LogP contribution in [-0.2, 0) is 20.3 Å². The molecular weight excluding hydrogens is 428 g/mol. The highest BCUT2D eigenvalue weighted by Gasteiger charge is 2.29. The molecule has 2 aliphatic heterocycles. The molecule has 10 heteroatoms. The van der Waals surface area contributed by atoms with E-state index >= 15 is 0 Å². The fourth-order valence-electron chi connectivity index (χ4n) is 3.96. The number of para-hydroxylation sites is 2. The second kappa shape index (κ2) is 9.13. The number of benzene rings is 1. The fourth-order valence-corrected chi connectivity index (χ4v) is 5.33. The summed E-state index contributed by atoms with van der Waals surface area (Å²) in [6.45, 7) is 7.95. The van der Waals surface area contributed by atoms with E-state index in [2.05, 4.69) is 22.1 Å². The van der Waals surface area contributed by atoms with Crippen LogP contribution in [-0.4, -0.2) is 79.8 Å². The molecule has 0 spiro atoms. The third kappa shape index (κ3) is 4.22. The molecule has 0 saturated carbocycles. The van der Waals surface area contributed by atoms with E-state index in [0.29, 0.717) is 44.7 Å². The molecule has 3 aromatic rings. The lowest BCUT2D eigenvalue weighted by Gasteiger charge is -2.34. The summed E-state index contributed by atoms with van der Waals surface area (Å²) >= 11 is 0. The zero-order valence-electron chi connectivity index (χ0n) is 18.3. The first-order valence-electron chi connectivity index (χ1n) is 11.0. The van der Waals surface area contributed by atoms with E-state index in [4.69, 9.17) is 19.4 Å². The fraction of sp³-hybridized carbons (Fsp3) is 0.500. The van der Waals surface area contributed by atoms with Crippen molar-refractivity contribution < 1.29 is 13.7 Å². The van der Waals surface area contributed by atoms with Crippen LogP contribution in [0.15, 0.2) is 36.7 Å². The van der Waals surface area contributed by atoms with E-state index < -0.39 is 10.8 Å². The summed E-state index contributed by atoms with van der Waals surface area (Å²) in [6.07, 6.45) is 1.75. The number of morpholine rings is 1. The molecule has 32 heavy (non-hydrogen) atoms. The maximum absolute atomic E-state index is 12.6. The number of rotatable bonds is 7. The van der Waals surface area contributed by atoms with Gasteiger partial charge in [-0.2, -0.15) is 9.97 Å². The predicted molar refractivity (Wildman–Crippen MR) is 125 cm³/mol. The Labute approximate surface area is 189 Å². The number of hydrogen-bond donors (Lipinski definition) is 1. The van der Waals surface area contributed by atoms with Crippen molar-refractivity contribution in [1.82, 2.24) is 19.5 Å². The average Bonchev–Trinajstić information content (AvgIpc) is 3.20. The number of ether oxygens (including phenoxy) is 2. The Hall–Kier alpha value is -2.56. The van der Waals surface area contributed by atoms with Gasteiger partial charge in [0.05, 0.1) is 48.8 Å². The van der Waals surface area contributed by atoms with Gasteiger partial charge in [0.1, 0.15) is 18.0 Å². The quantitative estimate of drug-likeness (QED) is 0.577. The van der Waals surface area contributed by atoms with Crippen LogP contribution in [0.4, 0.5) is 11.6 Å². The van der Waals surface area contributed by atoms with Crippen molar-refractivity contribution in [2.45, 2.75) is 30.4 Å². The summed E-state index contributed by atoms with van der Waals surface area (Å²) in [6, 6.07) is 10.1. The minimum Gasteiger partial charge on any atom is -0.379 e. The summed E-state index contributed by atoms with van der Waals surface area (Å²) in [4.78, 5) is 16.4. The number of aromatic nitrogens is 4. The third-order valence-electron chi connectivity index (χ3n) is 5.93. The Bertz CT molecular complexity index is 1120. The molecule has 2 aliphatic rings. The predicted octanol–water partition coefficient (Wildman–Crippen LogP) is 1.99. The molecular formula is C22H28N6O3S. The van der Waals surface area contributed by atoms with Gasteiger partial charge in [0.25, 0.3) is 0 Å². The molecule has 0 bridgehead atoms. The maximum atomic E-state index is 12.6. The van der Waals surface area contributed by atoms with Crippen LogP contribution in [0, 0.1) is 0 Å². The molecule has 3 atom stereocenters. The summed E-state index contributed by atoms with van der Waals surface area (Å²) < 4.78 is 25.3. The van der Waals surface area contributed by atoms with Crippen LogP contribution >= 0.6 is 0 Å². The molecule has 0 amide bonds. The number of anilines is 2. The van der Waals surface area contributed by atoms with Crippen LogP contribution in [0.2, 0.25) is 0 Å². The van der Waals surface area contributed by atoms with E-state index in [0.717, 1.165) is 23.4 Å². The SMILES string of the molecule is C[C@@H]1COCCN1c1cc(NC[C@@H](C)S(=O)C2COC2)nc(-n2cnc3ccccc32)n1. The maximum Gasteiger partial charge on any atom is 0.239 e. The molecule has 0 radical (unpaired) electrons. The molecule has 2 saturated heterocycles. The van der Waals surface area contributed by atoms with Gasteiger partial charge in [-0.3, -0.25) is 8.78 Å². The van der Waals surface area contributed by atoms with Crippen LogP contribution < -0.4 is 10.2 Å². The smallest absolute Gasteiger partial charge is 0.239 e. The Morgan fingerprint density at radius 2 is 2.06 bits per heavy atom. The largest absolute Gasteiger partial charge is 0.379 e. The molecule has 2 aromatic heterocycles. The first-order chi connectivity index (χ1) is 15.6. The lowest BCUT2D eigenvalue weighted by Crippen LogP contribution is -2.44.